The van der Waals surface area contributed by atoms with Crippen molar-refractivity contribution in [2.24, 2.45) is 0 Å². The van der Waals surface area contributed by atoms with E-state index < -0.39 is 0 Å². The predicted molar refractivity (Wildman–Crippen MR) is 226 cm³/mol. The van der Waals surface area contributed by atoms with Gasteiger partial charge in [0.05, 0.1) is 0 Å². The molecule has 0 radical (unpaired) electrons. The quantitative estimate of drug-likeness (QED) is 0.183. The summed E-state index contributed by atoms with van der Waals surface area (Å²) in [5.41, 5.74) is 11.6. The highest BCUT2D eigenvalue weighted by molar-refractivity contribution is 6.31. The van der Waals surface area contributed by atoms with Crippen LogP contribution in [0, 0.1) is 0 Å². The molecule has 4 nitrogen and oxygen atoms in total. The van der Waals surface area contributed by atoms with E-state index in [0.29, 0.717) is 17.5 Å². The number of aromatic nitrogens is 3. The maximum Gasteiger partial charge on any atom is 0.165 e. The Balaban J connectivity index is 1.17. The van der Waals surface area contributed by atoms with Gasteiger partial charge in [-0.1, -0.05) is 158 Å². The molecular weight excluding hydrogens is 671 g/mol. The van der Waals surface area contributed by atoms with Crippen LogP contribution < -0.4 is 0 Å². The van der Waals surface area contributed by atoms with Gasteiger partial charge in [0.15, 0.2) is 17.5 Å². The Morgan fingerprint density at radius 3 is 1.84 bits per heavy atom. The molecule has 4 heteroatoms. The van der Waals surface area contributed by atoms with Gasteiger partial charge in [-0.05, 0) is 72.9 Å². The molecule has 12 rings (SSSR count). The summed E-state index contributed by atoms with van der Waals surface area (Å²) >= 11 is 0. The van der Waals surface area contributed by atoms with Crippen molar-refractivity contribution in [3.05, 3.63) is 176 Å². The zero-order valence-electron chi connectivity index (χ0n) is 29.5. The van der Waals surface area contributed by atoms with E-state index in [1.807, 2.05) is 6.07 Å². The minimum atomic E-state index is 0.615. The van der Waals surface area contributed by atoms with E-state index >= 15 is 0 Å². The molecule has 1 aliphatic carbocycles. The van der Waals surface area contributed by atoms with Gasteiger partial charge in [-0.25, -0.2) is 15.0 Å². The highest BCUT2D eigenvalue weighted by Crippen LogP contribution is 2.55. The molecule has 0 fully saturated rings. The van der Waals surface area contributed by atoms with E-state index in [1.54, 1.807) is 0 Å². The van der Waals surface area contributed by atoms with E-state index in [2.05, 4.69) is 170 Å². The van der Waals surface area contributed by atoms with Crippen LogP contribution in [0.15, 0.2) is 180 Å². The lowest BCUT2D eigenvalue weighted by Crippen LogP contribution is -2.01. The fourth-order valence-electron chi connectivity index (χ4n) is 8.75. The fourth-order valence-corrected chi connectivity index (χ4v) is 8.75. The minimum absolute atomic E-state index is 0.615. The van der Waals surface area contributed by atoms with Crippen LogP contribution >= 0.6 is 0 Å². The topological polar surface area (TPSA) is 51.8 Å². The smallest absolute Gasteiger partial charge is 0.165 e. The molecule has 11 aromatic rings. The third-order valence-electron chi connectivity index (χ3n) is 11.2. The van der Waals surface area contributed by atoms with Crippen molar-refractivity contribution in [1.29, 1.82) is 0 Å². The Morgan fingerprint density at radius 2 is 0.945 bits per heavy atom. The molecule has 2 aromatic heterocycles. The van der Waals surface area contributed by atoms with Crippen molar-refractivity contribution in [1.82, 2.24) is 15.0 Å². The van der Waals surface area contributed by atoms with Crippen LogP contribution in [0.2, 0.25) is 0 Å². The molecule has 0 saturated heterocycles. The molecule has 0 spiro atoms. The van der Waals surface area contributed by atoms with Crippen molar-refractivity contribution >= 4 is 54.3 Å². The second kappa shape index (κ2) is 11.5. The summed E-state index contributed by atoms with van der Waals surface area (Å²) in [6.07, 6.45) is 0. The number of hydrogen-bond acceptors (Lipinski definition) is 4. The van der Waals surface area contributed by atoms with Crippen molar-refractivity contribution < 1.29 is 4.42 Å². The third kappa shape index (κ3) is 4.49. The number of hydrogen-bond donors (Lipinski definition) is 0. The van der Waals surface area contributed by atoms with Crippen LogP contribution in [0.1, 0.15) is 0 Å². The zero-order chi connectivity index (χ0) is 36.0. The van der Waals surface area contributed by atoms with Crippen molar-refractivity contribution in [2.45, 2.75) is 0 Å². The number of para-hydroxylation sites is 1. The first-order valence-corrected chi connectivity index (χ1v) is 18.6. The molecule has 2 heterocycles. The maximum absolute atomic E-state index is 6.84. The zero-order valence-corrected chi connectivity index (χ0v) is 29.5. The molecule has 0 bridgehead atoms. The predicted octanol–water partition coefficient (Wildman–Crippen LogP) is 13.5. The first-order chi connectivity index (χ1) is 27.3. The molecule has 0 atom stereocenters. The molecule has 1 aliphatic rings. The molecule has 0 aliphatic heterocycles. The Kier molecular flexibility index (Phi) is 6.31. The molecule has 55 heavy (non-hydrogen) atoms. The Bertz CT molecular complexity index is 3380. The standard InChI is InChI=1S/C51H29N3O/c1-2-12-30(13-3-1)32-24-25-34-29-35(27-26-33(34)28-32)49-52-50(40-21-10-15-31-14-4-5-16-36(31)40)54-51(53-49)47-42-22-11-20-38-37-17-6-7-18-39(37)45(44(38)42)48-46(47)41-19-8-9-23-43(41)55-48/h1-29H. The highest BCUT2D eigenvalue weighted by atomic mass is 16.3. The first kappa shape index (κ1) is 30.1. The summed E-state index contributed by atoms with van der Waals surface area (Å²) in [6, 6.07) is 61.9. The number of nitrogens with zero attached hydrogens (tertiary/aromatic N) is 3. The number of benzene rings is 9. The van der Waals surface area contributed by atoms with E-state index in [4.69, 9.17) is 19.4 Å². The Morgan fingerprint density at radius 1 is 0.327 bits per heavy atom. The SMILES string of the molecule is c1ccc(-c2ccc3cc(-c4nc(-c5cccc6ccccc56)nc(-c5c6cccc7c6c(c6oc8ccccc8c56)-c5ccccc5-7)n4)ccc3c2)cc1. The Hall–Kier alpha value is -7.43. The highest BCUT2D eigenvalue weighted by Gasteiger charge is 2.30. The molecular formula is C51H29N3O. The van der Waals surface area contributed by atoms with Crippen molar-refractivity contribution in [2.75, 3.05) is 0 Å². The van der Waals surface area contributed by atoms with Crippen LogP contribution in [0.3, 0.4) is 0 Å². The molecule has 0 amide bonds. The lowest BCUT2D eigenvalue weighted by Gasteiger charge is -2.14. The summed E-state index contributed by atoms with van der Waals surface area (Å²) in [7, 11) is 0. The van der Waals surface area contributed by atoms with Gasteiger partial charge in [0, 0.05) is 38.4 Å². The summed E-state index contributed by atoms with van der Waals surface area (Å²) in [5.74, 6) is 1.86. The van der Waals surface area contributed by atoms with E-state index in [-0.39, 0.29) is 0 Å². The van der Waals surface area contributed by atoms with Gasteiger partial charge in [-0.15, -0.1) is 0 Å². The van der Waals surface area contributed by atoms with Crippen molar-refractivity contribution in [3.8, 4) is 67.5 Å². The van der Waals surface area contributed by atoms with Crippen molar-refractivity contribution in [3.63, 3.8) is 0 Å². The van der Waals surface area contributed by atoms with Gasteiger partial charge in [-0.3, -0.25) is 0 Å². The number of fused-ring (bicyclic) bond motifs is 9. The Labute approximate surface area is 316 Å². The van der Waals surface area contributed by atoms with Crippen LogP contribution in [-0.2, 0) is 0 Å². The summed E-state index contributed by atoms with van der Waals surface area (Å²) in [4.78, 5) is 16.1. The minimum Gasteiger partial charge on any atom is -0.455 e. The van der Waals surface area contributed by atoms with Gasteiger partial charge >= 0.3 is 0 Å². The van der Waals surface area contributed by atoms with E-state index in [1.165, 1.54) is 33.2 Å². The summed E-state index contributed by atoms with van der Waals surface area (Å²) in [5, 5.41) is 8.82. The summed E-state index contributed by atoms with van der Waals surface area (Å²) < 4.78 is 6.84. The normalized spacial score (nSPS) is 12.0. The second-order valence-corrected chi connectivity index (χ2v) is 14.3. The van der Waals surface area contributed by atoms with Gasteiger partial charge in [0.1, 0.15) is 11.2 Å². The van der Waals surface area contributed by atoms with E-state index in [0.717, 1.165) is 71.1 Å². The number of furan rings is 1. The summed E-state index contributed by atoms with van der Waals surface area (Å²) in [6.45, 7) is 0. The fraction of sp³-hybridized carbons (Fsp3) is 0. The van der Waals surface area contributed by atoms with Crippen LogP contribution in [0.4, 0.5) is 0 Å². The van der Waals surface area contributed by atoms with E-state index in [9.17, 15) is 0 Å². The molecule has 0 saturated carbocycles. The molecule has 0 N–H and O–H groups in total. The largest absolute Gasteiger partial charge is 0.455 e. The lowest BCUT2D eigenvalue weighted by atomic mass is 9.93. The molecule has 0 unspecified atom stereocenters. The maximum atomic E-state index is 6.84. The molecule has 254 valence electrons. The van der Waals surface area contributed by atoms with Gasteiger partial charge in [0.2, 0.25) is 0 Å². The second-order valence-electron chi connectivity index (χ2n) is 14.3. The van der Waals surface area contributed by atoms with Gasteiger partial charge < -0.3 is 4.42 Å². The molecule has 9 aromatic carbocycles. The average Bonchev–Trinajstić information content (AvgIpc) is 3.80. The van der Waals surface area contributed by atoms with Gasteiger partial charge in [0.25, 0.3) is 0 Å². The average molecular weight is 700 g/mol. The first-order valence-electron chi connectivity index (χ1n) is 18.6. The van der Waals surface area contributed by atoms with Crippen LogP contribution in [-0.4, -0.2) is 15.0 Å². The van der Waals surface area contributed by atoms with Gasteiger partial charge in [-0.2, -0.15) is 0 Å². The van der Waals surface area contributed by atoms with Crippen LogP contribution in [0.25, 0.3) is 122 Å². The lowest BCUT2D eigenvalue weighted by molar-refractivity contribution is 0.670. The monoisotopic (exact) mass is 699 g/mol. The third-order valence-corrected chi connectivity index (χ3v) is 11.2. The van der Waals surface area contributed by atoms with Crippen LogP contribution in [0.5, 0.6) is 0 Å². The number of rotatable bonds is 4.